The third kappa shape index (κ3) is 4.50. The van der Waals surface area contributed by atoms with Gasteiger partial charge in [-0.25, -0.2) is 0 Å². The molecule has 146 valence electrons. The Balaban J connectivity index is 2.25. The standard InChI is InChI=1S/C19H30N2O3S2/c1-6-17-13(4)12(3)14(5)19(24-17)20-11-15-16(21(22)23)9-8-10-18(15)26(25)7-2/h8-10,12-14,17,19-20H,6-7,11H2,1-5H3/t12-,13-,14?,17?,19+,26?/m0/s1. The molecule has 0 spiro atoms. The first kappa shape index (κ1) is 21.4. The summed E-state index contributed by atoms with van der Waals surface area (Å²) in [6.45, 7) is 11.3. The Labute approximate surface area is 163 Å². The number of nitro groups is 1. The van der Waals surface area contributed by atoms with Crippen molar-refractivity contribution in [2.75, 3.05) is 5.75 Å². The lowest BCUT2D eigenvalue weighted by Gasteiger charge is -2.44. The zero-order valence-corrected chi connectivity index (χ0v) is 17.9. The molecule has 0 aliphatic carbocycles. The molecule has 1 fully saturated rings. The highest BCUT2D eigenvalue weighted by molar-refractivity contribution is 8.28. The van der Waals surface area contributed by atoms with Crippen LogP contribution in [0.4, 0.5) is 5.69 Å². The molecule has 1 aromatic carbocycles. The lowest BCUT2D eigenvalue weighted by molar-refractivity contribution is -0.385. The fourth-order valence-electron chi connectivity index (χ4n) is 3.71. The quantitative estimate of drug-likeness (QED) is 0.551. The van der Waals surface area contributed by atoms with Crippen LogP contribution in [0, 0.1) is 27.9 Å². The van der Waals surface area contributed by atoms with E-state index < -0.39 is 9.45 Å². The Morgan fingerprint density at radius 3 is 2.50 bits per heavy atom. The second-order valence-electron chi connectivity index (χ2n) is 7.11. The summed E-state index contributed by atoms with van der Waals surface area (Å²) in [5, 5.41) is 15.0. The maximum absolute atomic E-state index is 11.5. The van der Waals surface area contributed by atoms with Crippen molar-refractivity contribution in [2.45, 2.75) is 64.8 Å². The van der Waals surface area contributed by atoms with Gasteiger partial charge in [-0.3, -0.25) is 15.4 Å². The van der Waals surface area contributed by atoms with Crippen LogP contribution in [0.2, 0.25) is 0 Å². The number of benzene rings is 1. The molecule has 1 aliphatic rings. The van der Waals surface area contributed by atoms with Crippen molar-refractivity contribution in [3.8, 4) is 0 Å². The summed E-state index contributed by atoms with van der Waals surface area (Å²) in [4.78, 5) is 12.1. The summed E-state index contributed by atoms with van der Waals surface area (Å²) < 4.78 is 6.27. The van der Waals surface area contributed by atoms with Gasteiger partial charge in [0.1, 0.15) is 6.23 Å². The summed E-state index contributed by atoms with van der Waals surface area (Å²) in [5.41, 5.74) is 0.843. The summed E-state index contributed by atoms with van der Waals surface area (Å²) in [7, 11) is -0.417. The van der Waals surface area contributed by atoms with Crippen molar-refractivity contribution < 1.29 is 9.66 Å². The molecule has 0 saturated carbocycles. The Kier molecular flexibility index (Phi) is 7.70. The van der Waals surface area contributed by atoms with Crippen LogP contribution in [-0.2, 0) is 31.9 Å². The average Bonchev–Trinajstić information content (AvgIpc) is 2.64. The number of nitro benzene ring substituents is 1. The summed E-state index contributed by atoms with van der Waals surface area (Å²) in [6.07, 6.45) is 1.08. The third-order valence-electron chi connectivity index (χ3n) is 5.74. The van der Waals surface area contributed by atoms with Gasteiger partial charge in [0.05, 0.1) is 16.6 Å². The zero-order valence-electron chi connectivity index (χ0n) is 16.2. The predicted octanol–water partition coefficient (Wildman–Crippen LogP) is 4.19. The van der Waals surface area contributed by atoms with Crippen molar-refractivity contribution in [3.63, 3.8) is 0 Å². The van der Waals surface area contributed by atoms with Crippen LogP contribution >= 0.6 is 0 Å². The zero-order chi connectivity index (χ0) is 19.4. The molecule has 2 rings (SSSR count). The Hall–Kier alpha value is -0.890. The Morgan fingerprint density at radius 1 is 1.23 bits per heavy atom. The molecule has 6 atom stereocenters. The number of ether oxygens (including phenoxy) is 1. The molecule has 1 N–H and O–H groups in total. The van der Waals surface area contributed by atoms with E-state index in [0.29, 0.717) is 29.9 Å². The molecule has 0 bridgehead atoms. The third-order valence-corrected chi connectivity index (χ3v) is 8.38. The highest BCUT2D eigenvalue weighted by Crippen LogP contribution is 2.35. The largest absolute Gasteiger partial charge is 0.360 e. The smallest absolute Gasteiger partial charge is 0.275 e. The minimum Gasteiger partial charge on any atom is -0.360 e. The molecular weight excluding hydrogens is 368 g/mol. The van der Waals surface area contributed by atoms with E-state index in [9.17, 15) is 10.1 Å². The molecule has 7 heteroatoms. The molecule has 5 nitrogen and oxygen atoms in total. The van der Waals surface area contributed by atoms with Gasteiger partial charge in [0.15, 0.2) is 0 Å². The van der Waals surface area contributed by atoms with Crippen molar-refractivity contribution >= 4 is 26.3 Å². The van der Waals surface area contributed by atoms with Gasteiger partial charge in [0.2, 0.25) is 0 Å². The molecule has 0 radical (unpaired) electrons. The number of nitrogens with one attached hydrogen (secondary N) is 1. The maximum Gasteiger partial charge on any atom is 0.275 e. The summed E-state index contributed by atoms with van der Waals surface area (Å²) >= 11 is 5.55. The van der Waals surface area contributed by atoms with Crippen LogP contribution in [-0.4, -0.2) is 23.0 Å². The molecule has 0 amide bonds. The molecule has 0 aromatic heterocycles. The topological polar surface area (TPSA) is 64.4 Å². The van der Waals surface area contributed by atoms with Crippen LogP contribution in [0.25, 0.3) is 0 Å². The van der Waals surface area contributed by atoms with E-state index in [2.05, 4.69) is 33.0 Å². The van der Waals surface area contributed by atoms with Gasteiger partial charge in [-0.05, 0) is 47.2 Å². The Morgan fingerprint density at radius 2 is 1.92 bits per heavy atom. The van der Waals surface area contributed by atoms with E-state index in [1.165, 1.54) is 0 Å². The minimum absolute atomic E-state index is 0.104. The lowest BCUT2D eigenvalue weighted by atomic mass is 9.77. The van der Waals surface area contributed by atoms with Crippen molar-refractivity contribution in [1.82, 2.24) is 5.32 Å². The second-order valence-corrected chi connectivity index (χ2v) is 10.0. The van der Waals surface area contributed by atoms with Crippen LogP contribution in [0.3, 0.4) is 0 Å². The van der Waals surface area contributed by atoms with E-state index in [-0.39, 0.29) is 22.9 Å². The monoisotopic (exact) mass is 398 g/mol. The fourth-order valence-corrected chi connectivity index (χ4v) is 5.17. The molecule has 3 unspecified atom stereocenters. The summed E-state index contributed by atoms with van der Waals surface area (Å²) in [6, 6.07) is 5.22. The van der Waals surface area contributed by atoms with Gasteiger partial charge in [-0.1, -0.05) is 50.1 Å². The second kappa shape index (κ2) is 9.35. The van der Waals surface area contributed by atoms with Crippen LogP contribution in [0.15, 0.2) is 23.1 Å². The number of hydrogen-bond donors (Lipinski definition) is 1. The number of nitrogens with zero attached hydrogens (tertiary/aromatic N) is 1. The van der Waals surface area contributed by atoms with E-state index >= 15 is 0 Å². The van der Waals surface area contributed by atoms with Crippen LogP contribution < -0.4 is 5.32 Å². The lowest BCUT2D eigenvalue weighted by Crippen LogP contribution is -2.50. The van der Waals surface area contributed by atoms with Crippen molar-refractivity contribution in [1.29, 1.82) is 0 Å². The molecule has 1 aliphatic heterocycles. The number of rotatable bonds is 7. The van der Waals surface area contributed by atoms with Gasteiger partial charge in [-0.2, -0.15) is 0 Å². The Bertz CT molecular complexity index is 666. The normalized spacial score (nSPS) is 30.1. The van der Waals surface area contributed by atoms with Gasteiger partial charge in [0, 0.05) is 17.5 Å². The van der Waals surface area contributed by atoms with Gasteiger partial charge < -0.3 is 4.74 Å². The van der Waals surface area contributed by atoms with E-state index in [1.54, 1.807) is 12.1 Å². The highest BCUT2D eigenvalue weighted by atomic mass is 32.8. The van der Waals surface area contributed by atoms with E-state index in [4.69, 9.17) is 15.9 Å². The SMILES string of the molecule is CCC1O[C@@H](NCc2c([N+](=O)[O-])cccc2S(=S)CC)C(C)[C@@H](C)[C@@H]1C. The average molecular weight is 399 g/mol. The minimum atomic E-state index is -0.417. The first-order valence-corrected chi connectivity index (χ1v) is 11.7. The van der Waals surface area contributed by atoms with Crippen molar-refractivity contribution in [3.05, 3.63) is 33.9 Å². The number of hydrogen-bond acceptors (Lipinski definition) is 5. The van der Waals surface area contributed by atoms with Crippen molar-refractivity contribution in [2.24, 2.45) is 17.8 Å². The molecule has 1 aromatic rings. The van der Waals surface area contributed by atoms with Gasteiger partial charge >= 0.3 is 0 Å². The van der Waals surface area contributed by atoms with E-state index in [1.807, 2.05) is 13.0 Å². The van der Waals surface area contributed by atoms with E-state index in [0.717, 1.165) is 17.1 Å². The molecule has 1 saturated heterocycles. The van der Waals surface area contributed by atoms with Crippen LogP contribution in [0.1, 0.15) is 46.6 Å². The van der Waals surface area contributed by atoms with Gasteiger partial charge in [-0.15, -0.1) is 0 Å². The predicted molar refractivity (Wildman–Crippen MR) is 110 cm³/mol. The molecular formula is C19H30N2O3S2. The van der Waals surface area contributed by atoms with Gasteiger partial charge in [0.25, 0.3) is 5.69 Å². The maximum atomic E-state index is 11.5. The first-order valence-electron chi connectivity index (χ1n) is 9.35. The van der Waals surface area contributed by atoms with Crippen LogP contribution in [0.5, 0.6) is 0 Å². The molecule has 1 heterocycles. The fraction of sp³-hybridized carbons (Fsp3) is 0.684. The first-order chi connectivity index (χ1) is 12.3. The summed E-state index contributed by atoms with van der Waals surface area (Å²) in [5.74, 6) is 2.17. The molecule has 26 heavy (non-hydrogen) atoms. The highest BCUT2D eigenvalue weighted by Gasteiger charge is 2.38.